The number of halogens is 2. The number of carbonyl (C=O) groups is 2. The fraction of sp³-hybridized carbons (Fsp3) is 0.379. The average Bonchev–Trinajstić information content (AvgIpc) is 2.91. The van der Waals surface area contributed by atoms with Crippen molar-refractivity contribution in [1.82, 2.24) is 20.0 Å². The van der Waals surface area contributed by atoms with E-state index < -0.39 is 0 Å². The van der Waals surface area contributed by atoms with Gasteiger partial charge in [0.15, 0.2) is 5.82 Å². The van der Waals surface area contributed by atoms with Gasteiger partial charge in [0, 0.05) is 43.3 Å². The standard InChI is InChI=1S/C29H33Cl2N5O2/c1-20(2)12-13-36(29(38)24-9-8-23(30)18-25(24)31)19-28(37)35-16-14-34(15-17-35)27-11-10-26(32-33-27)22-6-4-21(3)5-7-22/h4-11,18,20H,12-17,19H2,1-3H3. The Kier molecular flexibility index (Phi) is 9.23. The highest BCUT2D eigenvalue weighted by Gasteiger charge is 2.27. The van der Waals surface area contributed by atoms with Gasteiger partial charge in [0.2, 0.25) is 5.91 Å². The fourth-order valence-corrected chi connectivity index (χ4v) is 4.81. The first kappa shape index (κ1) is 27.9. The first-order valence-electron chi connectivity index (χ1n) is 12.9. The molecule has 1 saturated heterocycles. The predicted octanol–water partition coefficient (Wildman–Crippen LogP) is 5.60. The maximum absolute atomic E-state index is 13.3. The minimum Gasteiger partial charge on any atom is -0.352 e. The van der Waals surface area contributed by atoms with Crippen LogP contribution in [-0.4, -0.2) is 71.1 Å². The summed E-state index contributed by atoms with van der Waals surface area (Å²) in [6.45, 7) is 9.12. The number of benzene rings is 2. The van der Waals surface area contributed by atoms with Crippen molar-refractivity contribution >= 4 is 40.8 Å². The van der Waals surface area contributed by atoms with Gasteiger partial charge in [-0.2, -0.15) is 0 Å². The van der Waals surface area contributed by atoms with Gasteiger partial charge in [-0.3, -0.25) is 9.59 Å². The summed E-state index contributed by atoms with van der Waals surface area (Å²) >= 11 is 12.3. The van der Waals surface area contributed by atoms with Crippen molar-refractivity contribution in [1.29, 1.82) is 0 Å². The molecule has 7 nitrogen and oxygen atoms in total. The van der Waals surface area contributed by atoms with Gasteiger partial charge in [0.25, 0.3) is 5.91 Å². The molecule has 200 valence electrons. The van der Waals surface area contributed by atoms with E-state index in [4.69, 9.17) is 23.2 Å². The molecule has 9 heteroatoms. The first-order valence-corrected chi connectivity index (χ1v) is 13.6. The Hall–Kier alpha value is -3.16. The Balaban J connectivity index is 1.36. The minimum absolute atomic E-state index is 0.00949. The van der Waals surface area contributed by atoms with Crippen LogP contribution in [-0.2, 0) is 4.79 Å². The van der Waals surface area contributed by atoms with Crippen LogP contribution in [0.4, 0.5) is 5.82 Å². The largest absolute Gasteiger partial charge is 0.352 e. The van der Waals surface area contributed by atoms with Crippen molar-refractivity contribution in [2.75, 3.05) is 44.2 Å². The highest BCUT2D eigenvalue weighted by Crippen LogP contribution is 2.23. The van der Waals surface area contributed by atoms with E-state index in [-0.39, 0.29) is 23.4 Å². The SMILES string of the molecule is Cc1ccc(-c2ccc(N3CCN(C(=O)CN(CCC(C)C)C(=O)c4ccc(Cl)cc4Cl)CC3)nn2)cc1. The summed E-state index contributed by atoms with van der Waals surface area (Å²) in [6, 6.07) is 17.0. The molecule has 4 rings (SSSR count). The number of nitrogens with zero attached hydrogens (tertiary/aromatic N) is 5. The number of amides is 2. The van der Waals surface area contributed by atoms with Crippen molar-refractivity contribution in [2.24, 2.45) is 5.92 Å². The van der Waals surface area contributed by atoms with E-state index in [2.05, 4.69) is 48.0 Å². The summed E-state index contributed by atoms with van der Waals surface area (Å²) in [7, 11) is 0. The van der Waals surface area contributed by atoms with Gasteiger partial charge in [-0.25, -0.2) is 0 Å². The molecular formula is C29H33Cl2N5O2. The minimum atomic E-state index is -0.261. The quantitative estimate of drug-likeness (QED) is 0.363. The molecule has 0 unspecified atom stereocenters. The number of rotatable bonds is 8. The molecule has 0 radical (unpaired) electrons. The second kappa shape index (κ2) is 12.6. The zero-order valence-corrected chi connectivity index (χ0v) is 23.5. The lowest BCUT2D eigenvalue weighted by Crippen LogP contribution is -2.52. The third-order valence-electron chi connectivity index (χ3n) is 6.71. The van der Waals surface area contributed by atoms with E-state index in [9.17, 15) is 9.59 Å². The molecule has 1 aliphatic heterocycles. The van der Waals surface area contributed by atoms with E-state index in [0.717, 1.165) is 23.5 Å². The maximum atomic E-state index is 13.3. The van der Waals surface area contributed by atoms with E-state index in [1.807, 2.05) is 29.2 Å². The summed E-state index contributed by atoms with van der Waals surface area (Å²) in [5, 5.41) is 9.58. The molecule has 2 amide bonds. The number of aryl methyl sites for hydroxylation is 1. The lowest BCUT2D eigenvalue weighted by atomic mass is 10.1. The highest BCUT2D eigenvalue weighted by atomic mass is 35.5. The highest BCUT2D eigenvalue weighted by molar-refractivity contribution is 6.36. The van der Waals surface area contributed by atoms with Crippen molar-refractivity contribution < 1.29 is 9.59 Å². The average molecular weight is 555 g/mol. The van der Waals surface area contributed by atoms with Crippen LogP contribution in [0.25, 0.3) is 11.3 Å². The van der Waals surface area contributed by atoms with E-state index in [0.29, 0.717) is 49.2 Å². The number of piperazine rings is 1. The molecule has 2 aromatic carbocycles. The van der Waals surface area contributed by atoms with Crippen LogP contribution in [0.1, 0.15) is 36.2 Å². The van der Waals surface area contributed by atoms with Crippen molar-refractivity contribution in [3.8, 4) is 11.3 Å². The molecule has 0 saturated carbocycles. The van der Waals surface area contributed by atoms with Crippen LogP contribution in [0, 0.1) is 12.8 Å². The van der Waals surface area contributed by atoms with Gasteiger partial charge in [-0.1, -0.05) is 66.9 Å². The summed E-state index contributed by atoms with van der Waals surface area (Å²) in [5.74, 6) is 0.845. The third-order valence-corrected chi connectivity index (χ3v) is 7.25. The molecule has 2 heterocycles. The predicted molar refractivity (Wildman–Crippen MR) is 153 cm³/mol. The fourth-order valence-electron chi connectivity index (χ4n) is 4.32. The van der Waals surface area contributed by atoms with Gasteiger partial charge in [-0.15, -0.1) is 10.2 Å². The molecule has 0 spiro atoms. The van der Waals surface area contributed by atoms with Gasteiger partial charge >= 0.3 is 0 Å². The van der Waals surface area contributed by atoms with E-state index in [1.54, 1.807) is 23.1 Å². The molecule has 3 aromatic rings. The topological polar surface area (TPSA) is 69.6 Å². The second-order valence-corrected chi connectivity index (χ2v) is 10.9. The lowest BCUT2D eigenvalue weighted by Gasteiger charge is -2.36. The number of anilines is 1. The Labute approximate surface area is 234 Å². The van der Waals surface area contributed by atoms with Crippen LogP contribution >= 0.6 is 23.2 Å². The lowest BCUT2D eigenvalue weighted by molar-refractivity contribution is -0.132. The molecule has 1 aromatic heterocycles. The van der Waals surface area contributed by atoms with Crippen molar-refractivity contribution in [3.05, 3.63) is 75.8 Å². The molecule has 1 fully saturated rings. The van der Waals surface area contributed by atoms with Crippen molar-refractivity contribution in [2.45, 2.75) is 27.2 Å². The third kappa shape index (κ3) is 7.03. The molecule has 38 heavy (non-hydrogen) atoms. The number of carbonyl (C=O) groups excluding carboxylic acids is 2. The van der Waals surface area contributed by atoms with Crippen LogP contribution in [0.3, 0.4) is 0 Å². The number of hydrogen-bond donors (Lipinski definition) is 0. The Morgan fingerprint density at radius 3 is 2.26 bits per heavy atom. The molecule has 0 atom stereocenters. The Morgan fingerprint density at radius 1 is 0.947 bits per heavy atom. The van der Waals surface area contributed by atoms with Gasteiger partial charge in [-0.05, 0) is 49.6 Å². The van der Waals surface area contributed by atoms with Crippen LogP contribution in [0.5, 0.6) is 0 Å². The smallest absolute Gasteiger partial charge is 0.255 e. The van der Waals surface area contributed by atoms with Crippen LogP contribution < -0.4 is 4.90 Å². The molecule has 0 N–H and O–H groups in total. The summed E-state index contributed by atoms with van der Waals surface area (Å²) in [5.41, 5.74) is 3.41. The monoisotopic (exact) mass is 553 g/mol. The molecule has 1 aliphatic rings. The summed E-state index contributed by atoms with van der Waals surface area (Å²) in [4.78, 5) is 32.1. The second-order valence-electron chi connectivity index (χ2n) is 10.0. The first-order chi connectivity index (χ1) is 18.2. The van der Waals surface area contributed by atoms with E-state index in [1.165, 1.54) is 5.56 Å². The normalized spacial score (nSPS) is 13.6. The summed E-state index contributed by atoms with van der Waals surface area (Å²) in [6.07, 6.45) is 0.787. The van der Waals surface area contributed by atoms with Crippen LogP contribution in [0.2, 0.25) is 10.0 Å². The van der Waals surface area contributed by atoms with Crippen LogP contribution in [0.15, 0.2) is 54.6 Å². The summed E-state index contributed by atoms with van der Waals surface area (Å²) < 4.78 is 0. The van der Waals surface area contributed by atoms with Gasteiger partial charge in [0.1, 0.15) is 6.54 Å². The number of aromatic nitrogens is 2. The Morgan fingerprint density at radius 2 is 1.66 bits per heavy atom. The van der Waals surface area contributed by atoms with Gasteiger partial charge in [0.05, 0.1) is 16.3 Å². The number of hydrogen-bond acceptors (Lipinski definition) is 5. The van der Waals surface area contributed by atoms with Gasteiger partial charge < -0.3 is 14.7 Å². The zero-order valence-electron chi connectivity index (χ0n) is 22.0. The molecule has 0 aliphatic carbocycles. The zero-order chi connectivity index (χ0) is 27.2. The maximum Gasteiger partial charge on any atom is 0.255 e. The van der Waals surface area contributed by atoms with Crippen molar-refractivity contribution in [3.63, 3.8) is 0 Å². The molecular weight excluding hydrogens is 521 g/mol. The van der Waals surface area contributed by atoms with E-state index >= 15 is 0 Å². The molecule has 0 bridgehead atoms. The Bertz CT molecular complexity index is 1260.